The largest absolute Gasteiger partial charge is 0.497 e. The van der Waals surface area contributed by atoms with Crippen molar-refractivity contribution in [2.75, 3.05) is 0 Å². The van der Waals surface area contributed by atoms with Gasteiger partial charge >= 0.3 is 7.12 Å². The van der Waals surface area contributed by atoms with E-state index in [0.29, 0.717) is 5.02 Å². The number of aromatic amines is 1. The molecule has 1 aliphatic rings. The molecule has 0 saturated carbocycles. The summed E-state index contributed by atoms with van der Waals surface area (Å²) in [4.78, 5) is 7.38. The molecule has 1 saturated heterocycles. The fourth-order valence-corrected chi connectivity index (χ4v) is 2.42. The molecule has 4 nitrogen and oxygen atoms in total. The third-order valence-electron chi connectivity index (χ3n) is 4.03. The van der Waals surface area contributed by atoms with Crippen molar-refractivity contribution in [1.29, 1.82) is 0 Å². The Morgan fingerprint density at radius 3 is 2.42 bits per heavy atom. The van der Waals surface area contributed by atoms with Crippen LogP contribution in [0.2, 0.25) is 5.02 Å². The van der Waals surface area contributed by atoms with Crippen LogP contribution >= 0.6 is 11.6 Å². The topological polar surface area (TPSA) is 47.1 Å². The van der Waals surface area contributed by atoms with Gasteiger partial charge < -0.3 is 14.3 Å². The van der Waals surface area contributed by atoms with E-state index in [4.69, 9.17) is 20.9 Å². The lowest BCUT2D eigenvalue weighted by atomic mass is 9.78. The Balaban J connectivity index is 2.09. The molecule has 0 amide bonds. The monoisotopic (exact) mass is 278 g/mol. The minimum Gasteiger partial charge on any atom is -0.399 e. The van der Waals surface area contributed by atoms with E-state index in [-0.39, 0.29) is 11.2 Å². The molecule has 1 aliphatic heterocycles. The lowest BCUT2D eigenvalue weighted by Gasteiger charge is -2.32. The van der Waals surface area contributed by atoms with E-state index in [1.165, 1.54) is 0 Å². The van der Waals surface area contributed by atoms with Crippen LogP contribution in [0.1, 0.15) is 27.7 Å². The van der Waals surface area contributed by atoms with E-state index in [2.05, 4.69) is 9.97 Å². The average molecular weight is 279 g/mol. The van der Waals surface area contributed by atoms with Crippen molar-refractivity contribution in [2.45, 2.75) is 38.9 Å². The number of nitrogens with one attached hydrogen (secondary N) is 1. The first kappa shape index (κ1) is 13.0. The summed E-state index contributed by atoms with van der Waals surface area (Å²) in [5, 5.41) is 0.640. The van der Waals surface area contributed by atoms with Crippen LogP contribution in [0.15, 0.2) is 18.5 Å². The molecule has 19 heavy (non-hydrogen) atoms. The van der Waals surface area contributed by atoms with Crippen molar-refractivity contribution in [2.24, 2.45) is 0 Å². The van der Waals surface area contributed by atoms with E-state index in [9.17, 15) is 0 Å². The summed E-state index contributed by atoms with van der Waals surface area (Å²) < 4.78 is 12.1. The van der Waals surface area contributed by atoms with Crippen molar-refractivity contribution in [3.63, 3.8) is 0 Å². The molecular formula is C13H16BClN2O2. The standard InChI is InChI=1S/C13H16BClN2O2/c1-12(2)13(3,4)19-14(18-12)9-5-8(15)6-10-11(9)17-7-16-10/h5-7H,1-4H3,(H,16,17). The van der Waals surface area contributed by atoms with Gasteiger partial charge in [-0.25, -0.2) is 4.98 Å². The van der Waals surface area contributed by atoms with Crippen LogP contribution < -0.4 is 5.46 Å². The molecule has 0 bridgehead atoms. The molecule has 100 valence electrons. The first-order chi connectivity index (χ1) is 8.80. The molecule has 1 aromatic heterocycles. The number of hydrogen-bond donors (Lipinski definition) is 1. The maximum atomic E-state index is 6.14. The lowest BCUT2D eigenvalue weighted by molar-refractivity contribution is 0.00578. The van der Waals surface area contributed by atoms with Crippen molar-refractivity contribution >= 4 is 35.2 Å². The van der Waals surface area contributed by atoms with Gasteiger partial charge in [-0.15, -0.1) is 0 Å². The zero-order chi connectivity index (χ0) is 13.8. The van der Waals surface area contributed by atoms with Crippen LogP contribution in [0.25, 0.3) is 11.0 Å². The number of benzene rings is 1. The van der Waals surface area contributed by atoms with E-state index >= 15 is 0 Å². The molecular weight excluding hydrogens is 262 g/mol. The molecule has 2 aromatic rings. The normalized spacial score (nSPS) is 21.2. The minimum absolute atomic E-state index is 0.372. The number of H-pyrrole nitrogens is 1. The third kappa shape index (κ3) is 1.97. The number of rotatable bonds is 1. The maximum absolute atomic E-state index is 6.14. The molecule has 1 fully saturated rings. The molecule has 3 rings (SSSR count). The van der Waals surface area contributed by atoms with Gasteiger partial charge in [-0.05, 0) is 39.8 Å². The number of aromatic nitrogens is 2. The lowest BCUT2D eigenvalue weighted by Crippen LogP contribution is -2.41. The number of hydrogen-bond acceptors (Lipinski definition) is 3. The Morgan fingerprint density at radius 1 is 1.16 bits per heavy atom. The van der Waals surface area contributed by atoms with Crippen molar-refractivity contribution in [3.05, 3.63) is 23.5 Å². The fraction of sp³-hybridized carbons (Fsp3) is 0.462. The summed E-state index contributed by atoms with van der Waals surface area (Å²) in [6.45, 7) is 8.11. The molecule has 6 heteroatoms. The van der Waals surface area contributed by atoms with Crippen LogP contribution in [-0.2, 0) is 9.31 Å². The Hall–Kier alpha value is -1.04. The SMILES string of the molecule is CC1(C)OB(c2cc(Cl)cc3[nH]cnc23)OC1(C)C. The van der Waals surface area contributed by atoms with Gasteiger partial charge in [0.05, 0.1) is 28.6 Å². The van der Waals surface area contributed by atoms with Crippen LogP contribution in [0, 0.1) is 0 Å². The van der Waals surface area contributed by atoms with E-state index in [0.717, 1.165) is 16.5 Å². The summed E-state index contributed by atoms with van der Waals surface area (Å²) in [7, 11) is -0.450. The van der Waals surface area contributed by atoms with Crippen molar-refractivity contribution < 1.29 is 9.31 Å². The van der Waals surface area contributed by atoms with Gasteiger partial charge in [0, 0.05) is 10.5 Å². The summed E-state index contributed by atoms with van der Waals surface area (Å²) in [5.41, 5.74) is 1.84. The van der Waals surface area contributed by atoms with Gasteiger partial charge in [-0.3, -0.25) is 0 Å². The Kier molecular flexibility index (Phi) is 2.72. The highest BCUT2D eigenvalue weighted by molar-refractivity contribution is 6.65. The first-order valence-electron chi connectivity index (χ1n) is 6.28. The van der Waals surface area contributed by atoms with Crippen LogP contribution in [0.4, 0.5) is 0 Å². The van der Waals surface area contributed by atoms with Crippen molar-refractivity contribution in [3.8, 4) is 0 Å². The number of fused-ring (bicyclic) bond motifs is 1. The highest BCUT2D eigenvalue weighted by atomic mass is 35.5. The molecule has 0 spiro atoms. The highest BCUT2D eigenvalue weighted by Gasteiger charge is 2.52. The molecule has 0 aliphatic carbocycles. The van der Waals surface area contributed by atoms with Crippen LogP contribution in [0.5, 0.6) is 0 Å². The van der Waals surface area contributed by atoms with Crippen molar-refractivity contribution in [1.82, 2.24) is 9.97 Å². The van der Waals surface area contributed by atoms with Gasteiger partial charge in [-0.1, -0.05) is 11.6 Å². The molecule has 2 heterocycles. The summed E-state index contributed by atoms with van der Waals surface area (Å²) in [6.07, 6.45) is 1.65. The predicted molar refractivity (Wildman–Crippen MR) is 76.8 cm³/mol. The summed E-state index contributed by atoms with van der Waals surface area (Å²) in [6, 6.07) is 3.70. The quantitative estimate of drug-likeness (QED) is 0.815. The Morgan fingerprint density at radius 2 is 1.79 bits per heavy atom. The second-order valence-corrected chi connectivity index (χ2v) is 6.32. The Labute approximate surface area is 117 Å². The first-order valence-corrected chi connectivity index (χ1v) is 6.66. The number of halogens is 1. The molecule has 0 unspecified atom stereocenters. The zero-order valence-electron chi connectivity index (χ0n) is 11.5. The van der Waals surface area contributed by atoms with Gasteiger partial charge in [-0.2, -0.15) is 0 Å². The van der Waals surface area contributed by atoms with Gasteiger partial charge in [0.2, 0.25) is 0 Å². The Bertz CT molecular complexity index is 623. The number of nitrogens with zero attached hydrogens (tertiary/aromatic N) is 1. The van der Waals surface area contributed by atoms with E-state index < -0.39 is 7.12 Å². The van der Waals surface area contributed by atoms with E-state index in [1.54, 1.807) is 6.33 Å². The minimum atomic E-state index is -0.450. The highest BCUT2D eigenvalue weighted by Crippen LogP contribution is 2.37. The second-order valence-electron chi connectivity index (χ2n) is 5.88. The van der Waals surface area contributed by atoms with Gasteiger partial charge in [0.25, 0.3) is 0 Å². The predicted octanol–water partition coefficient (Wildman–Crippen LogP) is 2.52. The molecule has 0 atom stereocenters. The molecule has 0 radical (unpaired) electrons. The smallest absolute Gasteiger partial charge is 0.399 e. The average Bonchev–Trinajstić information content (AvgIpc) is 2.80. The van der Waals surface area contributed by atoms with Crippen LogP contribution in [0.3, 0.4) is 0 Å². The number of imidazole rings is 1. The van der Waals surface area contributed by atoms with E-state index in [1.807, 2.05) is 39.8 Å². The van der Waals surface area contributed by atoms with Gasteiger partial charge in [0.15, 0.2) is 0 Å². The maximum Gasteiger partial charge on any atom is 0.497 e. The van der Waals surface area contributed by atoms with Crippen LogP contribution in [-0.4, -0.2) is 28.3 Å². The molecule has 1 N–H and O–H groups in total. The third-order valence-corrected chi connectivity index (χ3v) is 4.24. The molecule has 1 aromatic carbocycles. The summed E-state index contributed by atoms with van der Waals surface area (Å²) >= 11 is 6.14. The summed E-state index contributed by atoms with van der Waals surface area (Å²) in [5.74, 6) is 0. The second kappa shape index (κ2) is 3.98. The fourth-order valence-electron chi connectivity index (χ4n) is 2.19. The zero-order valence-corrected chi connectivity index (χ0v) is 12.2. The van der Waals surface area contributed by atoms with Gasteiger partial charge in [0.1, 0.15) is 0 Å².